The second-order valence-corrected chi connectivity index (χ2v) is 5.90. The summed E-state index contributed by atoms with van der Waals surface area (Å²) < 4.78 is 5.28. The van der Waals surface area contributed by atoms with Crippen LogP contribution in [-0.2, 0) is 4.52 Å². The largest absolute Gasteiger partial charge is 0.393 e. The monoisotopic (exact) mass is 290 g/mol. The summed E-state index contributed by atoms with van der Waals surface area (Å²) in [4.78, 5) is 0. The molecule has 4 heteroatoms. The summed E-state index contributed by atoms with van der Waals surface area (Å²) >= 11 is 0. The molecule has 0 spiro atoms. The van der Waals surface area contributed by atoms with E-state index in [1.54, 1.807) is 0 Å². The van der Waals surface area contributed by atoms with Crippen molar-refractivity contribution >= 4 is 17.4 Å². The van der Waals surface area contributed by atoms with Crippen LogP contribution in [0.5, 0.6) is 0 Å². The molecule has 106 valence electrons. The summed E-state index contributed by atoms with van der Waals surface area (Å²) in [7, 11) is 3.07. The first kappa shape index (κ1) is 18.3. The minimum Gasteiger partial charge on any atom is -0.393 e. The lowest BCUT2D eigenvalue weighted by atomic mass is 10.0. The Bertz CT molecular complexity index is 263. The predicted molar refractivity (Wildman–Crippen MR) is 86.3 cm³/mol. The summed E-state index contributed by atoms with van der Waals surface area (Å²) in [6.07, 6.45) is 9.23. The number of hydrogen-bond donors (Lipinski definition) is 1. The molecule has 0 aromatic rings. The van der Waals surface area contributed by atoms with Gasteiger partial charge in [0.2, 0.25) is 0 Å². The Morgan fingerprint density at radius 1 is 1.28 bits per heavy atom. The lowest BCUT2D eigenvalue weighted by Crippen LogP contribution is -2.03. The molecule has 0 aromatic carbocycles. The van der Waals surface area contributed by atoms with E-state index >= 15 is 0 Å². The van der Waals surface area contributed by atoms with Gasteiger partial charge in [0.15, 0.2) is 0 Å². The molecule has 1 N–H and O–H groups in total. The Morgan fingerprint density at radius 2 is 1.94 bits per heavy atom. The first-order valence-electron chi connectivity index (χ1n) is 6.66. The molecular formula is C14H28O2P2. The minimum absolute atomic E-state index is 0.139. The third-order valence-electron chi connectivity index (χ3n) is 2.97. The molecule has 0 aliphatic rings. The SMILES string of the molecule is CC[C@H](O)CCC(C)=CCCC(C)=CCOPP. The highest BCUT2D eigenvalue weighted by Gasteiger charge is 2.00. The van der Waals surface area contributed by atoms with E-state index in [-0.39, 0.29) is 6.10 Å². The summed E-state index contributed by atoms with van der Waals surface area (Å²) in [5, 5.41) is 9.49. The van der Waals surface area contributed by atoms with Crippen molar-refractivity contribution < 1.29 is 9.63 Å². The van der Waals surface area contributed by atoms with Gasteiger partial charge in [-0.15, -0.1) is 0 Å². The van der Waals surface area contributed by atoms with Crippen LogP contribution in [0.3, 0.4) is 0 Å². The minimum atomic E-state index is -0.139. The van der Waals surface area contributed by atoms with Gasteiger partial charge < -0.3 is 9.63 Å². The number of aliphatic hydroxyl groups excluding tert-OH is 1. The summed E-state index contributed by atoms with van der Waals surface area (Å²) in [6, 6.07) is 0. The van der Waals surface area contributed by atoms with Crippen LogP contribution in [0.1, 0.15) is 52.9 Å². The maximum absolute atomic E-state index is 9.49. The van der Waals surface area contributed by atoms with Crippen molar-refractivity contribution in [1.82, 2.24) is 0 Å². The molecule has 0 saturated heterocycles. The Labute approximate surface area is 116 Å². The lowest BCUT2D eigenvalue weighted by Gasteiger charge is -2.07. The van der Waals surface area contributed by atoms with Gasteiger partial charge in [-0.25, -0.2) is 0 Å². The Balaban J connectivity index is 3.75. The number of aliphatic hydroxyl groups is 1. The maximum atomic E-state index is 9.49. The van der Waals surface area contributed by atoms with Gasteiger partial charge >= 0.3 is 0 Å². The van der Waals surface area contributed by atoms with E-state index in [0.29, 0.717) is 8.50 Å². The van der Waals surface area contributed by atoms with Crippen LogP contribution in [0, 0.1) is 0 Å². The van der Waals surface area contributed by atoms with E-state index in [2.05, 4.69) is 34.9 Å². The molecular weight excluding hydrogens is 262 g/mol. The Kier molecular flexibility index (Phi) is 12.5. The summed E-state index contributed by atoms with van der Waals surface area (Å²) in [5.74, 6) is 0. The van der Waals surface area contributed by atoms with Crippen LogP contribution in [0.2, 0.25) is 0 Å². The second-order valence-electron chi connectivity index (χ2n) is 4.67. The van der Waals surface area contributed by atoms with Crippen molar-refractivity contribution in [3.05, 3.63) is 23.3 Å². The molecule has 0 radical (unpaired) electrons. The molecule has 2 nitrogen and oxygen atoms in total. The summed E-state index contributed by atoms with van der Waals surface area (Å²) in [6.45, 7) is 7.05. The lowest BCUT2D eigenvalue weighted by molar-refractivity contribution is 0.160. The van der Waals surface area contributed by atoms with Crippen LogP contribution in [0.25, 0.3) is 0 Å². The van der Waals surface area contributed by atoms with E-state index < -0.39 is 0 Å². The molecule has 0 saturated carbocycles. The number of allylic oxidation sites excluding steroid dienone is 3. The molecule has 0 heterocycles. The third-order valence-corrected chi connectivity index (χ3v) is 3.81. The summed E-state index contributed by atoms with van der Waals surface area (Å²) in [5.41, 5.74) is 2.77. The first-order valence-corrected chi connectivity index (χ1v) is 9.38. The van der Waals surface area contributed by atoms with E-state index in [1.807, 2.05) is 6.92 Å². The first-order chi connectivity index (χ1) is 8.60. The van der Waals surface area contributed by atoms with Gasteiger partial charge in [0.25, 0.3) is 0 Å². The van der Waals surface area contributed by atoms with Crippen LogP contribution in [0.15, 0.2) is 23.3 Å². The normalized spacial score (nSPS) is 15.6. The predicted octanol–water partition coefficient (Wildman–Crippen LogP) is 4.61. The zero-order valence-electron chi connectivity index (χ0n) is 11.9. The average molecular weight is 290 g/mol. The zero-order valence-corrected chi connectivity index (χ0v) is 14.1. The Morgan fingerprint density at radius 3 is 2.56 bits per heavy atom. The number of hydrogen-bond acceptors (Lipinski definition) is 2. The van der Waals surface area contributed by atoms with Crippen LogP contribution in [-0.4, -0.2) is 17.8 Å². The molecule has 0 aliphatic carbocycles. The van der Waals surface area contributed by atoms with E-state index in [4.69, 9.17) is 4.52 Å². The molecule has 0 rings (SSSR count). The second kappa shape index (κ2) is 12.3. The van der Waals surface area contributed by atoms with E-state index in [1.165, 1.54) is 11.1 Å². The van der Waals surface area contributed by atoms with Gasteiger partial charge in [-0.2, -0.15) is 0 Å². The van der Waals surface area contributed by atoms with Crippen LogP contribution in [0.4, 0.5) is 0 Å². The van der Waals surface area contributed by atoms with Crippen LogP contribution >= 0.6 is 17.4 Å². The Hall–Kier alpha value is 0.260. The topological polar surface area (TPSA) is 29.5 Å². The molecule has 0 amide bonds. The zero-order chi connectivity index (χ0) is 13.8. The van der Waals surface area contributed by atoms with E-state index in [9.17, 15) is 5.11 Å². The molecule has 3 atom stereocenters. The number of rotatable bonds is 10. The van der Waals surface area contributed by atoms with Crippen molar-refractivity contribution in [3.8, 4) is 0 Å². The van der Waals surface area contributed by atoms with Gasteiger partial charge in [0.05, 0.1) is 12.7 Å². The highest BCUT2D eigenvalue weighted by Crippen LogP contribution is 2.21. The van der Waals surface area contributed by atoms with Crippen molar-refractivity contribution in [2.75, 3.05) is 6.61 Å². The van der Waals surface area contributed by atoms with Gasteiger partial charge in [-0.3, -0.25) is 0 Å². The van der Waals surface area contributed by atoms with Crippen molar-refractivity contribution in [2.24, 2.45) is 0 Å². The van der Waals surface area contributed by atoms with E-state index in [0.717, 1.165) is 38.7 Å². The fourth-order valence-corrected chi connectivity index (χ4v) is 2.05. The molecule has 18 heavy (non-hydrogen) atoms. The molecule has 2 unspecified atom stereocenters. The highest BCUT2D eigenvalue weighted by atomic mass is 32.0. The van der Waals surface area contributed by atoms with Crippen molar-refractivity contribution in [2.45, 2.75) is 59.0 Å². The van der Waals surface area contributed by atoms with Gasteiger partial charge in [-0.05, 0) is 46.0 Å². The van der Waals surface area contributed by atoms with Gasteiger partial charge in [0, 0.05) is 8.50 Å². The highest BCUT2D eigenvalue weighted by molar-refractivity contribution is 8.00. The maximum Gasteiger partial charge on any atom is 0.0693 e. The quantitative estimate of drug-likeness (QED) is 0.361. The third kappa shape index (κ3) is 11.4. The molecule has 0 fully saturated rings. The van der Waals surface area contributed by atoms with Gasteiger partial charge in [0.1, 0.15) is 0 Å². The van der Waals surface area contributed by atoms with Gasteiger partial charge in [-0.1, -0.05) is 39.2 Å². The van der Waals surface area contributed by atoms with Crippen molar-refractivity contribution in [1.29, 1.82) is 0 Å². The molecule has 0 aliphatic heterocycles. The molecule has 0 bridgehead atoms. The molecule has 0 aromatic heterocycles. The fourth-order valence-electron chi connectivity index (χ4n) is 1.58. The average Bonchev–Trinajstić information content (AvgIpc) is 2.36. The standard InChI is InChI=1S/C14H28O2P2/c1-4-14(15)9-8-12(2)6-5-7-13(3)10-11-16-18-17/h6,10,14-15,18H,4-5,7-9,11,17H2,1-3H3/t14-/m0/s1. The smallest absolute Gasteiger partial charge is 0.0693 e. The fraction of sp³-hybridized carbons (Fsp3) is 0.714. The van der Waals surface area contributed by atoms with Crippen LogP contribution < -0.4 is 0 Å². The van der Waals surface area contributed by atoms with Crippen molar-refractivity contribution in [3.63, 3.8) is 0 Å².